The molecular formula is C24H20F5NO4S. The number of alkyl carbamates (subject to hydrolysis) is 1. The molecule has 35 heavy (non-hydrogen) atoms. The van der Waals surface area contributed by atoms with Crippen molar-refractivity contribution in [2.75, 3.05) is 6.61 Å². The van der Waals surface area contributed by atoms with Crippen molar-refractivity contribution in [3.8, 4) is 11.1 Å². The number of aliphatic carboxylic acids is 1. The van der Waals surface area contributed by atoms with Gasteiger partial charge in [0.25, 0.3) is 0 Å². The molecule has 0 saturated heterocycles. The van der Waals surface area contributed by atoms with Crippen LogP contribution in [-0.4, -0.2) is 29.8 Å². The lowest BCUT2D eigenvalue weighted by Crippen LogP contribution is -2.43. The molecule has 0 saturated carbocycles. The summed E-state index contributed by atoms with van der Waals surface area (Å²) in [7, 11) is -9.94. The maximum Gasteiger partial charge on any atom is 0.407 e. The molecule has 3 aromatic rings. The SMILES string of the molecule is O=C(N[C@@H](Cc1cccc(S(F)(F)(F)(F)F)c1)C(=O)O)OCC1c2ccccc2-c2ccccc21. The van der Waals surface area contributed by atoms with Gasteiger partial charge in [-0.3, -0.25) is 0 Å². The second kappa shape index (κ2) is 7.98. The summed E-state index contributed by atoms with van der Waals surface area (Å²) in [6.45, 7) is -0.105. The zero-order valence-corrected chi connectivity index (χ0v) is 18.8. The van der Waals surface area contributed by atoms with Crippen molar-refractivity contribution in [3.05, 3.63) is 89.5 Å². The predicted molar refractivity (Wildman–Crippen MR) is 121 cm³/mol. The van der Waals surface area contributed by atoms with Crippen LogP contribution in [0.2, 0.25) is 0 Å². The molecule has 0 unspecified atom stereocenters. The standard InChI is InChI=1S/C24H20F5NO4S/c25-35(26,27,28,29)16-7-5-6-15(12-16)13-22(23(31)32)30-24(33)34-14-21-19-10-3-1-8-17(19)18-9-2-4-11-20(18)21/h1-12,21-22H,13-14H2,(H,30,33)(H,31,32)/t22-/m0/s1. The normalized spacial score (nSPS) is 15.8. The van der Waals surface area contributed by atoms with E-state index in [1.165, 1.54) is 0 Å². The number of ether oxygens (including phenoxy) is 1. The summed E-state index contributed by atoms with van der Waals surface area (Å²) in [5.74, 6) is -1.85. The molecule has 3 aromatic carbocycles. The van der Waals surface area contributed by atoms with Crippen LogP contribution < -0.4 is 5.32 Å². The number of hydrogen-bond donors (Lipinski definition) is 2. The highest BCUT2D eigenvalue weighted by atomic mass is 32.5. The van der Waals surface area contributed by atoms with E-state index in [1.54, 1.807) is 0 Å². The van der Waals surface area contributed by atoms with E-state index in [-0.39, 0.29) is 30.2 Å². The number of rotatable bonds is 7. The molecule has 2 N–H and O–H groups in total. The second-order valence-electron chi connectivity index (χ2n) is 8.18. The van der Waals surface area contributed by atoms with Gasteiger partial charge in [0.05, 0.1) is 0 Å². The van der Waals surface area contributed by atoms with Gasteiger partial charge in [-0.25, -0.2) is 9.59 Å². The van der Waals surface area contributed by atoms with Gasteiger partial charge < -0.3 is 15.2 Å². The zero-order chi connectivity index (χ0) is 25.5. The summed E-state index contributed by atoms with van der Waals surface area (Å²) in [4.78, 5) is 21.8. The summed E-state index contributed by atoms with van der Waals surface area (Å²) in [5, 5.41) is 11.5. The Morgan fingerprint density at radius 3 is 2.00 bits per heavy atom. The first-order valence-electron chi connectivity index (χ1n) is 10.4. The molecule has 4 rings (SSSR count). The van der Waals surface area contributed by atoms with Gasteiger partial charge in [0.15, 0.2) is 0 Å². The highest BCUT2D eigenvalue weighted by molar-refractivity contribution is 8.45. The number of benzene rings is 3. The number of carbonyl (C=O) groups excluding carboxylic acids is 1. The quantitative estimate of drug-likeness (QED) is 0.338. The average molecular weight is 513 g/mol. The van der Waals surface area contributed by atoms with Crippen molar-refractivity contribution in [1.82, 2.24) is 5.32 Å². The van der Waals surface area contributed by atoms with Crippen LogP contribution in [0.3, 0.4) is 0 Å². The van der Waals surface area contributed by atoms with Crippen LogP contribution in [0.4, 0.5) is 24.2 Å². The lowest BCUT2D eigenvalue weighted by molar-refractivity contribution is -0.139. The minimum Gasteiger partial charge on any atom is -0.480 e. The fourth-order valence-electron chi connectivity index (χ4n) is 4.13. The molecule has 11 heteroatoms. The highest BCUT2D eigenvalue weighted by Gasteiger charge is 2.65. The minimum atomic E-state index is -9.94. The van der Waals surface area contributed by atoms with Gasteiger partial charge in [0.2, 0.25) is 0 Å². The lowest BCUT2D eigenvalue weighted by atomic mass is 9.98. The third-order valence-electron chi connectivity index (χ3n) is 5.72. The molecule has 1 aliphatic carbocycles. The van der Waals surface area contributed by atoms with Crippen LogP contribution in [0.15, 0.2) is 77.7 Å². The van der Waals surface area contributed by atoms with E-state index in [0.29, 0.717) is 0 Å². The Labute approximate surface area is 197 Å². The minimum absolute atomic E-state index is 0.105. The molecule has 0 spiro atoms. The van der Waals surface area contributed by atoms with Crippen LogP contribution in [0.5, 0.6) is 0 Å². The lowest BCUT2D eigenvalue weighted by Gasteiger charge is -2.40. The fourth-order valence-corrected chi connectivity index (χ4v) is 4.84. The van der Waals surface area contributed by atoms with E-state index in [0.717, 1.165) is 34.4 Å². The Bertz CT molecular complexity index is 1270. The van der Waals surface area contributed by atoms with Gasteiger partial charge in [-0.15, -0.1) is 0 Å². The second-order valence-corrected chi connectivity index (χ2v) is 10.6. The van der Waals surface area contributed by atoms with Crippen molar-refractivity contribution in [2.45, 2.75) is 23.3 Å². The van der Waals surface area contributed by atoms with Gasteiger partial charge in [-0.1, -0.05) is 80.1 Å². The Kier molecular flexibility index (Phi) is 5.59. The summed E-state index contributed by atoms with van der Waals surface area (Å²) in [6.07, 6.45) is -1.75. The highest BCUT2D eigenvalue weighted by Crippen LogP contribution is 3.02. The molecule has 0 heterocycles. The largest absolute Gasteiger partial charge is 0.480 e. The molecule has 5 nitrogen and oxygen atoms in total. The molecule has 0 radical (unpaired) electrons. The number of carboxylic acids is 1. The monoisotopic (exact) mass is 513 g/mol. The third-order valence-corrected chi connectivity index (χ3v) is 6.86. The van der Waals surface area contributed by atoms with Crippen molar-refractivity contribution < 1.29 is 38.9 Å². The number of nitrogens with one attached hydrogen (secondary N) is 1. The van der Waals surface area contributed by atoms with Crippen molar-refractivity contribution in [1.29, 1.82) is 0 Å². The number of carbonyl (C=O) groups is 2. The maximum atomic E-state index is 13.1. The topological polar surface area (TPSA) is 75.6 Å². The van der Waals surface area contributed by atoms with Crippen molar-refractivity contribution in [3.63, 3.8) is 0 Å². The van der Waals surface area contributed by atoms with E-state index in [9.17, 15) is 34.1 Å². The molecule has 0 fully saturated rings. The van der Waals surface area contributed by atoms with Gasteiger partial charge in [-0.2, -0.15) is 0 Å². The number of halogens is 5. The molecular weight excluding hydrogens is 493 g/mol. The Balaban J connectivity index is 1.45. The van der Waals surface area contributed by atoms with Crippen LogP contribution in [0.1, 0.15) is 22.6 Å². The number of amides is 1. The Morgan fingerprint density at radius 2 is 1.46 bits per heavy atom. The summed E-state index contributed by atoms with van der Waals surface area (Å²) >= 11 is 0. The summed E-state index contributed by atoms with van der Waals surface area (Å²) in [6, 6.07) is 15.7. The van der Waals surface area contributed by atoms with E-state index in [1.807, 2.05) is 48.5 Å². The van der Waals surface area contributed by atoms with Crippen LogP contribution in [0, 0.1) is 0 Å². The molecule has 0 aromatic heterocycles. The van der Waals surface area contributed by atoms with Crippen molar-refractivity contribution in [2.24, 2.45) is 0 Å². The first kappa shape index (κ1) is 24.5. The first-order valence-corrected chi connectivity index (χ1v) is 12.4. The number of fused-ring (bicyclic) bond motifs is 3. The van der Waals surface area contributed by atoms with Gasteiger partial charge in [-0.05, 0) is 39.9 Å². The van der Waals surface area contributed by atoms with Gasteiger partial charge in [0.1, 0.15) is 17.5 Å². The van der Waals surface area contributed by atoms with Crippen molar-refractivity contribution >= 4 is 22.3 Å². The van der Waals surface area contributed by atoms with Gasteiger partial charge in [0, 0.05) is 12.3 Å². The smallest absolute Gasteiger partial charge is 0.407 e. The summed E-state index contributed by atoms with van der Waals surface area (Å²) < 4.78 is 70.7. The van der Waals surface area contributed by atoms with E-state index in [2.05, 4.69) is 5.32 Å². The van der Waals surface area contributed by atoms with Gasteiger partial charge >= 0.3 is 22.3 Å². The van der Waals surface area contributed by atoms with Crippen LogP contribution in [0.25, 0.3) is 11.1 Å². The Morgan fingerprint density at radius 1 is 0.886 bits per heavy atom. The maximum absolute atomic E-state index is 13.1. The molecule has 1 atom stereocenters. The van der Waals surface area contributed by atoms with E-state index in [4.69, 9.17) is 4.74 Å². The predicted octanol–water partition coefficient (Wildman–Crippen LogP) is 6.88. The Hall–Kier alpha value is -3.60. The molecule has 0 bridgehead atoms. The third kappa shape index (κ3) is 5.40. The summed E-state index contributed by atoms with van der Waals surface area (Å²) in [5.41, 5.74) is 3.52. The van der Waals surface area contributed by atoms with E-state index >= 15 is 0 Å². The van der Waals surface area contributed by atoms with Crippen LogP contribution >= 0.6 is 10.2 Å². The number of carboxylic acid groups (broad SMARTS) is 1. The molecule has 1 aliphatic rings. The molecule has 0 aliphatic heterocycles. The number of hydrogen-bond acceptors (Lipinski definition) is 3. The van der Waals surface area contributed by atoms with E-state index < -0.39 is 39.6 Å². The average Bonchev–Trinajstić information content (AvgIpc) is 3.10. The first-order chi connectivity index (χ1) is 16.2. The molecule has 1 amide bonds. The zero-order valence-electron chi connectivity index (χ0n) is 18.0. The molecule has 186 valence electrons. The van der Waals surface area contributed by atoms with Crippen LogP contribution in [-0.2, 0) is 16.0 Å². The fraction of sp³-hybridized carbons (Fsp3) is 0.167.